The van der Waals surface area contributed by atoms with E-state index in [4.69, 9.17) is 17.3 Å². The second-order valence-corrected chi connectivity index (χ2v) is 7.90. The molecule has 6 heteroatoms. The highest BCUT2D eigenvalue weighted by Gasteiger charge is 2.28. The number of rotatable bonds is 2. The highest BCUT2D eigenvalue weighted by atomic mass is 35.5. The Morgan fingerprint density at radius 1 is 1.30 bits per heavy atom. The number of nitrogens with zero attached hydrogens (tertiary/aromatic N) is 1. The summed E-state index contributed by atoms with van der Waals surface area (Å²) >= 11 is 5.96. The predicted molar refractivity (Wildman–Crippen MR) is 82.4 cm³/mol. The maximum atomic E-state index is 12.8. The van der Waals surface area contributed by atoms with Gasteiger partial charge in [0.2, 0.25) is 10.0 Å². The van der Waals surface area contributed by atoms with Gasteiger partial charge in [-0.05, 0) is 49.8 Å². The van der Waals surface area contributed by atoms with Crippen LogP contribution in [0.15, 0.2) is 17.0 Å². The fourth-order valence-electron chi connectivity index (χ4n) is 2.56. The average Bonchev–Trinajstić information content (AvgIpc) is 2.58. The smallest absolute Gasteiger partial charge is 0.243 e. The summed E-state index contributed by atoms with van der Waals surface area (Å²) in [5.41, 5.74) is 6.82. The van der Waals surface area contributed by atoms with Crippen LogP contribution in [0.3, 0.4) is 0 Å². The quantitative estimate of drug-likeness (QED) is 0.853. The molecular weight excluding hydrogens is 296 g/mol. The third-order valence-corrected chi connectivity index (χ3v) is 6.20. The van der Waals surface area contributed by atoms with Crippen LogP contribution >= 0.6 is 11.6 Å². The van der Waals surface area contributed by atoms with E-state index in [0.29, 0.717) is 35.3 Å². The van der Waals surface area contributed by atoms with Crippen LogP contribution in [0.5, 0.6) is 0 Å². The summed E-state index contributed by atoms with van der Waals surface area (Å²) < 4.78 is 27.1. The SMILES string of the molecule is Cc1c(N)cc(Cl)cc1S(=O)(=O)N1CCCC(C)CC1. The van der Waals surface area contributed by atoms with Crippen molar-refractivity contribution in [2.75, 3.05) is 18.8 Å². The van der Waals surface area contributed by atoms with Gasteiger partial charge in [0.25, 0.3) is 0 Å². The lowest BCUT2D eigenvalue weighted by Crippen LogP contribution is -2.32. The molecule has 1 heterocycles. The lowest BCUT2D eigenvalue weighted by molar-refractivity contribution is 0.416. The van der Waals surface area contributed by atoms with Gasteiger partial charge in [0, 0.05) is 23.8 Å². The summed E-state index contributed by atoms with van der Waals surface area (Å²) in [6.45, 7) is 5.02. The second-order valence-electron chi connectivity index (χ2n) is 5.56. The lowest BCUT2D eigenvalue weighted by atomic mass is 10.0. The van der Waals surface area contributed by atoms with E-state index in [1.807, 2.05) is 0 Å². The van der Waals surface area contributed by atoms with Crippen molar-refractivity contribution in [1.29, 1.82) is 0 Å². The Kier molecular flexibility index (Phi) is 4.62. The van der Waals surface area contributed by atoms with Crippen molar-refractivity contribution < 1.29 is 8.42 Å². The molecule has 0 radical (unpaired) electrons. The van der Waals surface area contributed by atoms with Gasteiger partial charge in [-0.15, -0.1) is 0 Å². The molecule has 4 nitrogen and oxygen atoms in total. The summed E-state index contributed by atoms with van der Waals surface area (Å²) in [4.78, 5) is 0.233. The molecule has 1 unspecified atom stereocenters. The first-order valence-electron chi connectivity index (χ1n) is 6.88. The Labute approximate surface area is 126 Å². The van der Waals surface area contributed by atoms with E-state index in [-0.39, 0.29) is 4.90 Å². The molecule has 1 fully saturated rings. The van der Waals surface area contributed by atoms with Gasteiger partial charge in [0.1, 0.15) is 0 Å². The van der Waals surface area contributed by atoms with Gasteiger partial charge in [-0.25, -0.2) is 8.42 Å². The predicted octanol–water partition coefficient (Wildman–Crippen LogP) is 3.04. The van der Waals surface area contributed by atoms with Crippen molar-refractivity contribution in [3.63, 3.8) is 0 Å². The molecule has 1 saturated heterocycles. The molecule has 112 valence electrons. The number of hydrogen-bond acceptors (Lipinski definition) is 3. The van der Waals surface area contributed by atoms with Crippen molar-refractivity contribution in [3.05, 3.63) is 22.7 Å². The number of nitrogen functional groups attached to an aromatic ring is 1. The third kappa shape index (κ3) is 3.10. The maximum Gasteiger partial charge on any atom is 0.243 e. The highest BCUT2D eigenvalue weighted by Crippen LogP contribution is 2.30. The van der Waals surface area contributed by atoms with Gasteiger partial charge in [-0.1, -0.05) is 18.5 Å². The molecule has 2 rings (SSSR count). The number of benzene rings is 1. The van der Waals surface area contributed by atoms with E-state index >= 15 is 0 Å². The largest absolute Gasteiger partial charge is 0.398 e. The van der Waals surface area contributed by atoms with Crippen LogP contribution in [-0.4, -0.2) is 25.8 Å². The first kappa shape index (κ1) is 15.6. The average molecular weight is 317 g/mol. The van der Waals surface area contributed by atoms with Crippen molar-refractivity contribution in [3.8, 4) is 0 Å². The van der Waals surface area contributed by atoms with Gasteiger partial charge < -0.3 is 5.73 Å². The monoisotopic (exact) mass is 316 g/mol. The first-order chi connectivity index (χ1) is 9.32. The van der Waals surface area contributed by atoms with Crippen molar-refractivity contribution in [2.45, 2.75) is 38.0 Å². The van der Waals surface area contributed by atoms with Crippen molar-refractivity contribution in [1.82, 2.24) is 4.31 Å². The van der Waals surface area contributed by atoms with Gasteiger partial charge >= 0.3 is 0 Å². The molecule has 0 saturated carbocycles. The number of sulfonamides is 1. The highest BCUT2D eigenvalue weighted by molar-refractivity contribution is 7.89. The minimum absolute atomic E-state index is 0.233. The maximum absolute atomic E-state index is 12.8. The Morgan fingerprint density at radius 2 is 2.00 bits per heavy atom. The number of hydrogen-bond donors (Lipinski definition) is 1. The van der Waals surface area contributed by atoms with Gasteiger partial charge in [-0.3, -0.25) is 0 Å². The Hall–Kier alpha value is -0.780. The summed E-state index contributed by atoms with van der Waals surface area (Å²) in [5, 5.41) is 0.356. The molecule has 1 aromatic rings. The molecule has 20 heavy (non-hydrogen) atoms. The van der Waals surface area contributed by atoms with Crippen molar-refractivity contribution >= 4 is 27.3 Å². The fraction of sp³-hybridized carbons (Fsp3) is 0.571. The van der Waals surface area contributed by atoms with E-state index < -0.39 is 10.0 Å². The molecule has 1 aromatic carbocycles. The standard InChI is InChI=1S/C14H21ClN2O2S/c1-10-4-3-6-17(7-5-10)20(18,19)14-9-12(15)8-13(16)11(14)2/h8-10H,3-7,16H2,1-2H3. The molecule has 1 aliphatic rings. The molecule has 0 aliphatic carbocycles. The van der Waals surface area contributed by atoms with Crippen LogP contribution in [-0.2, 0) is 10.0 Å². The minimum Gasteiger partial charge on any atom is -0.398 e. The van der Waals surface area contributed by atoms with E-state index in [1.54, 1.807) is 17.3 Å². The van der Waals surface area contributed by atoms with Crippen LogP contribution in [0.2, 0.25) is 5.02 Å². The normalized spacial score (nSPS) is 21.6. The third-order valence-electron chi connectivity index (χ3n) is 3.96. The van der Waals surface area contributed by atoms with E-state index in [1.165, 1.54) is 6.07 Å². The molecule has 0 bridgehead atoms. The topological polar surface area (TPSA) is 63.4 Å². The van der Waals surface area contributed by atoms with E-state index in [0.717, 1.165) is 19.3 Å². The molecule has 0 aromatic heterocycles. The zero-order valence-corrected chi connectivity index (χ0v) is 13.5. The summed E-state index contributed by atoms with van der Waals surface area (Å²) in [6.07, 6.45) is 2.87. The van der Waals surface area contributed by atoms with Crippen LogP contribution < -0.4 is 5.73 Å². The molecule has 0 amide bonds. The van der Waals surface area contributed by atoms with Gasteiger partial charge in [-0.2, -0.15) is 4.31 Å². The van der Waals surface area contributed by atoms with Gasteiger partial charge in [0.15, 0.2) is 0 Å². The lowest BCUT2D eigenvalue weighted by Gasteiger charge is -2.22. The van der Waals surface area contributed by atoms with Crippen LogP contribution in [0.4, 0.5) is 5.69 Å². The Bertz CT molecular complexity index is 601. The molecule has 1 atom stereocenters. The van der Waals surface area contributed by atoms with Gasteiger partial charge in [0.05, 0.1) is 4.90 Å². The Morgan fingerprint density at radius 3 is 2.70 bits per heavy atom. The van der Waals surface area contributed by atoms with Crippen LogP contribution in [0.25, 0.3) is 0 Å². The van der Waals surface area contributed by atoms with E-state index in [9.17, 15) is 8.42 Å². The second kappa shape index (κ2) is 5.92. The molecule has 2 N–H and O–H groups in total. The van der Waals surface area contributed by atoms with Crippen LogP contribution in [0, 0.1) is 12.8 Å². The van der Waals surface area contributed by atoms with Crippen LogP contribution in [0.1, 0.15) is 31.7 Å². The zero-order valence-electron chi connectivity index (χ0n) is 11.9. The minimum atomic E-state index is -3.52. The van der Waals surface area contributed by atoms with E-state index in [2.05, 4.69) is 6.92 Å². The molecular formula is C14H21ClN2O2S. The Balaban J connectivity index is 2.40. The number of halogens is 1. The fourth-order valence-corrected chi connectivity index (χ4v) is 4.62. The molecule has 1 aliphatic heterocycles. The zero-order chi connectivity index (χ0) is 14.9. The number of anilines is 1. The number of nitrogens with two attached hydrogens (primary N) is 1. The molecule has 0 spiro atoms. The summed E-state index contributed by atoms with van der Waals surface area (Å²) in [5.74, 6) is 0.570. The summed E-state index contributed by atoms with van der Waals surface area (Å²) in [7, 11) is -3.52. The first-order valence-corrected chi connectivity index (χ1v) is 8.70. The van der Waals surface area contributed by atoms with Crippen molar-refractivity contribution in [2.24, 2.45) is 5.92 Å². The summed E-state index contributed by atoms with van der Waals surface area (Å²) in [6, 6.07) is 3.08.